The van der Waals surface area contributed by atoms with Crippen molar-refractivity contribution in [3.05, 3.63) is 54.6 Å². The van der Waals surface area contributed by atoms with Gasteiger partial charge in [0.2, 0.25) is 5.91 Å². The predicted molar refractivity (Wildman–Crippen MR) is 190 cm³/mol. The summed E-state index contributed by atoms with van der Waals surface area (Å²) < 4.78 is 18.3. The fourth-order valence-electron chi connectivity index (χ4n) is 7.50. The van der Waals surface area contributed by atoms with Crippen LogP contribution in [0.4, 0.5) is 15.9 Å². The normalized spacial score (nSPS) is 19.1. The summed E-state index contributed by atoms with van der Waals surface area (Å²) in [6, 6.07) is 12.5. The SMILES string of the molecule is N#CCC(=O)N1CCC[C@@H](Nc2nc(-c3cnn4ccccc34)nc(-c3cc(O)cc(N4CCN(CCCN5CCCCC5)CC4)c3)c2F)C1. The van der Waals surface area contributed by atoms with Crippen molar-refractivity contribution in [2.24, 2.45) is 0 Å². The number of phenols is 1. The molecule has 3 aliphatic rings. The molecule has 12 nitrogen and oxygen atoms in total. The maximum Gasteiger partial charge on any atom is 0.236 e. The number of piperazine rings is 1. The van der Waals surface area contributed by atoms with E-state index in [1.54, 1.807) is 27.7 Å². The number of likely N-dealkylation sites (tertiary alicyclic amines) is 2. The number of pyridine rings is 1. The first-order valence-corrected chi connectivity index (χ1v) is 17.9. The highest BCUT2D eigenvalue weighted by Gasteiger charge is 2.27. The van der Waals surface area contributed by atoms with Crippen molar-refractivity contribution >= 4 is 22.9 Å². The molecule has 3 aromatic heterocycles. The Balaban J connectivity index is 1.14. The molecule has 1 amide bonds. The smallest absolute Gasteiger partial charge is 0.236 e. The highest BCUT2D eigenvalue weighted by molar-refractivity contribution is 5.80. The van der Waals surface area contributed by atoms with E-state index in [0.29, 0.717) is 36.5 Å². The van der Waals surface area contributed by atoms with E-state index in [0.717, 1.165) is 56.9 Å². The van der Waals surface area contributed by atoms with Crippen LogP contribution in [0.25, 0.3) is 28.2 Å². The highest BCUT2D eigenvalue weighted by atomic mass is 19.1. The monoisotopic (exact) mass is 680 g/mol. The Morgan fingerprint density at radius 3 is 2.58 bits per heavy atom. The first-order chi connectivity index (χ1) is 24.4. The fraction of sp³-hybridized carbons (Fsp3) is 0.486. The van der Waals surface area contributed by atoms with Gasteiger partial charge in [0.15, 0.2) is 17.5 Å². The molecule has 50 heavy (non-hydrogen) atoms. The topological polar surface area (TPSA) is 129 Å². The molecule has 1 aromatic carbocycles. The van der Waals surface area contributed by atoms with Crippen molar-refractivity contribution in [2.75, 3.05) is 75.7 Å². The number of rotatable bonds is 10. The zero-order valence-electron chi connectivity index (χ0n) is 28.5. The number of nitrogens with one attached hydrogen (secondary N) is 1. The molecule has 7 rings (SSSR count). The molecular weight excluding hydrogens is 635 g/mol. The summed E-state index contributed by atoms with van der Waals surface area (Å²) in [7, 11) is 0. The van der Waals surface area contributed by atoms with Crippen molar-refractivity contribution in [3.63, 3.8) is 0 Å². The lowest BCUT2D eigenvalue weighted by molar-refractivity contribution is -0.131. The van der Waals surface area contributed by atoms with Crippen LogP contribution in [0.3, 0.4) is 0 Å². The van der Waals surface area contributed by atoms with Gasteiger partial charge in [-0.05, 0) is 82.5 Å². The van der Waals surface area contributed by atoms with E-state index in [-0.39, 0.29) is 35.6 Å². The predicted octanol–water partition coefficient (Wildman–Crippen LogP) is 4.62. The quantitative estimate of drug-likeness (QED) is 0.245. The second kappa shape index (κ2) is 15.4. The fourth-order valence-corrected chi connectivity index (χ4v) is 7.50. The van der Waals surface area contributed by atoms with Gasteiger partial charge in [-0.1, -0.05) is 12.5 Å². The Hall–Kier alpha value is -4.80. The number of aromatic hydroxyl groups is 1. The summed E-state index contributed by atoms with van der Waals surface area (Å²) >= 11 is 0. The molecule has 0 unspecified atom stereocenters. The maximum absolute atomic E-state index is 16.6. The molecule has 3 fully saturated rings. The van der Waals surface area contributed by atoms with Crippen molar-refractivity contribution < 1.29 is 14.3 Å². The lowest BCUT2D eigenvalue weighted by Crippen LogP contribution is -2.47. The Kier molecular flexibility index (Phi) is 10.4. The molecule has 0 spiro atoms. The molecule has 1 atom stereocenters. The number of phenolic OH excluding ortho intramolecular Hbond substituents is 1. The van der Waals surface area contributed by atoms with Crippen molar-refractivity contribution in [2.45, 2.75) is 51.0 Å². The van der Waals surface area contributed by atoms with E-state index in [2.05, 4.69) is 30.1 Å². The number of nitriles is 1. The van der Waals surface area contributed by atoms with Gasteiger partial charge in [0.05, 0.1) is 23.3 Å². The van der Waals surface area contributed by atoms with E-state index in [9.17, 15) is 9.90 Å². The van der Waals surface area contributed by atoms with E-state index >= 15 is 4.39 Å². The average molecular weight is 681 g/mol. The maximum atomic E-state index is 16.6. The first kappa shape index (κ1) is 33.7. The number of hydrogen-bond acceptors (Lipinski definition) is 10. The molecule has 4 aromatic rings. The molecule has 262 valence electrons. The molecule has 0 radical (unpaired) electrons. The van der Waals surface area contributed by atoms with E-state index in [1.165, 1.54) is 38.8 Å². The lowest BCUT2D eigenvalue weighted by Gasteiger charge is -2.36. The number of carbonyl (C=O) groups is 1. The van der Waals surface area contributed by atoms with Crippen LogP contribution in [0.5, 0.6) is 5.75 Å². The summed E-state index contributed by atoms with van der Waals surface area (Å²) in [6.45, 7) is 9.05. The minimum absolute atomic E-state index is 0.0166. The zero-order chi connectivity index (χ0) is 34.5. The average Bonchev–Trinajstić information content (AvgIpc) is 3.57. The molecular formula is C37H45FN10O2. The number of fused-ring (bicyclic) bond motifs is 1. The van der Waals surface area contributed by atoms with Gasteiger partial charge in [-0.15, -0.1) is 0 Å². The second-order valence-corrected chi connectivity index (χ2v) is 13.6. The minimum Gasteiger partial charge on any atom is -0.508 e. The van der Waals surface area contributed by atoms with Crippen LogP contribution < -0.4 is 10.2 Å². The number of carbonyl (C=O) groups excluding carboxylic acids is 1. The van der Waals surface area contributed by atoms with Gasteiger partial charge in [0.25, 0.3) is 0 Å². The molecule has 2 N–H and O–H groups in total. The molecule has 0 aliphatic carbocycles. The summed E-state index contributed by atoms with van der Waals surface area (Å²) in [6.07, 6.45) is 9.89. The van der Waals surface area contributed by atoms with Gasteiger partial charge in [-0.2, -0.15) is 10.4 Å². The first-order valence-electron chi connectivity index (χ1n) is 17.9. The summed E-state index contributed by atoms with van der Waals surface area (Å²) in [5, 5.41) is 27.7. The number of aromatic nitrogens is 4. The van der Waals surface area contributed by atoms with Crippen LogP contribution >= 0.6 is 0 Å². The van der Waals surface area contributed by atoms with Gasteiger partial charge in [0, 0.05) is 68.8 Å². The number of benzene rings is 1. The molecule has 3 saturated heterocycles. The largest absolute Gasteiger partial charge is 0.508 e. The van der Waals surface area contributed by atoms with E-state index < -0.39 is 5.82 Å². The van der Waals surface area contributed by atoms with Crippen LogP contribution in [0.2, 0.25) is 0 Å². The lowest BCUT2D eigenvalue weighted by atomic mass is 10.0. The minimum atomic E-state index is -0.638. The molecule has 0 saturated carbocycles. The third kappa shape index (κ3) is 7.66. The highest BCUT2D eigenvalue weighted by Crippen LogP contribution is 2.35. The van der Waals surface area contributed by atoms with Crippen molar-refractivity contribution in [1.29, 1.82) is 5.26 Å². The van der Waals surface area contributed by atoms with Crippen LogP contribution in [-0.4, -0.2) is 117 Å². The summed E-state index contributed by atoms with van der Waals surface area (Å²) in [5.74, 6) is -0.531. The number of amides is 1. The Bertz CT molecular complexity index is 1840. The summed E-state index contributed by atoms with van der Waals surface area (Å²) in [4.78, 5) is 30.9. The summed E-state index contributed by atoms with van der Waals surface area (Å²) in [5.41, 5.74) is 2.74. The Morgan fingerprint density at radius 1 is 0.980 bits per heavy atom. The van der Waals surface area contributed by atoms with Gasteiger partial charge < -0.3 is 25.1 Å². The number of piperidine rings is 2. The Morgan fingerprint density at radius 2 is 1.78 bits per heavy atom. The van der Waals surface area contributed by atoms with E-state index in [4.69, 9.17) is 10.2 Å². The third-order valence-corrected chi connectivity index (χ3v) is 10.2. The van der Waals surface area contributed by atoms with Crippen LogP contribution in [0.15, 0.2) is 48.8 Å². The van der Waals surface area contributed by atoms with Crippen LogP contribution in [-0.2, 0) is 4.79 Å². The number of nitrogens with zero attached hydrogens (tertiary/aromatic N) is 9. The van der Waals surface area contributed by atoms with Gasteiger partial charge in [0.1, 0.15) is 17.9 Å². The van der Waals surface area contributed by atoms with Crippen molar-refractivity contribution in [3.8, 4) is 34.5 Å². The standard InChI is InChI=1S/C37H45FN10O2/c38-34-35(27-22-29(24-30(49)23-27)46-20-18-45(19-21-46)15-7-14-44-12-3-1-4-13-44)42-36(31-25-40-48-17-5-2-9-32(31)48)43-37(34)41-28-8-6-16-47(26-28)33(50)10-11-39/h2,5,9,17,22-25,28,49H,1,3-4,6-8,10,12-16,18-21,26H2,(H,41,42,43)/t28-/m1/s1. The van der Waals surface area contributed by atoms with Gasteiger partial charge >= 0.3 is 0 Å². The molecule has 3 aliphatic heterocycles. The molecule has 6 heterocycles. The number of anilines is 2. The second-order valence-electron chi connectivity index (χ2n) is 13.6. The Labute approximate surface area is 292 Å². The van der Waals surface area contributed by atoms with Crippen molar-refractivity contribution in [1.82, 2.24) is 34.3 Å². The zero-order valence-corrected chi connectivity index (χ0v) is 28.5. The molecule has 0 bridgehead atoms. The van der Waals surface area contributed by atoms with Crippen LogP contribution in [0, 0.1) is 17.1 Å². The van der Waals surface area contributed by atoms with Gasteiger partial charge in [-0.3, -0.25) is 9.69 Å². The molecule has 13 heteroatoms. The van der Waals surface area contributed by atoms with E-state index in [1.807, 2.05) is 36.5 Å². The number of hydrogen-bond donors (Lipinski definition) is 2. The number of halogens is 1. The van der Waals surface area contributed by atoms with Crippen LogP contribution in [0.1, 0.15) is 44.9 Å². The third-order valence-electron chi connectivity index (χ3n) is 10.2. The van der Waals surface area contributed by atoms with Gasteiger partial charge in [-0.25, -0.2) is 18.9 Å².